The lowest BCUT2D eigenvalue weighted by molar-refractivity contribution is 0.174. The minimum Gasteiger partial charge on any atom is -0.454 e. The molecule has 0 aliphatic carbocycles. The van der Waals surface area contributed by atoms with Crippen LogP contribution in [0.3, 0.4) is 0 Å². The third-order valence-electron chi connectivity index (χ3n) is 5.39. The minimum absolute atomic E-state index is 0.114. The second kappa shape index (κ2) is 8.27. The quantitative estimate of drug-likeness (QED) is 0.729. The van der Waals surface area contributed by atoms with E-state index in [0.717, 1.165) is 36.2 Å². The van der Waals surface area contributed by atoms with E-state index in [1.54, 1.807) is 0 Å². The maximum absolute atomic E-state index is 5.48. The average molecular weight is 398 g/mol. The summed E-state index contributed by atoms with van der Waals surface area (Å²) < 4.78 is 10.7. The smallest absolute Gasteiger partial charge is 0.231 e. The van der Waals surface area contributed by atoms with Crippen LogP contribution in [0.5, 0.6) is 11.5 Å². The van der Waals surface area contributed by atoms with Crippen molar-refractivity contribution in [2.24, 2.45) is 5.92 Å². The van der Waals surface area contributed by atoms with Crippen LogP contribution >= 0.6 is 12.2 Å². The standard InChI is InChI=1S/C22H27N3O2S/c1-15-4-3-11-25(13-15)19-8-5-17(6-9-19)16(2)23-22(28)24-18-7-10-20-21(12-18)27-14-26-20/h5-10,12,15-16H,3-4,11,13-14H2,1-2H3,(H2,23,24,28)/t15-,16-/m1/s1. The molecule has 1 fully saturated rings. The molecule has 5 nitrogen and oxygen atoms in total. The second-order valence-electron chi connectivity index (χ2n) is 7.67. The molecule has 28 heavy (non-hydrogen) atoms. The lowest BCUT2D eigenvalue weighted by Gasteiger charge is -2.33. The molecule has 2 aromatic rings. The molecule has 6 heteroatoms. The molecule has 2 heterocycles. The molecule has 2 aromatic carbocycles. The summed E-state index contributed by atoms with van der Waals surface area (Å²) in [5.74, 6) is 2.28. The normalized spacial score (nSPS) is 19.2. The van der Waals surface area contributed by atoms with Gasteiger partial charge in [-0.25, -0.2) is 0 Å². The van der Waals surface area contributed by atoms with E-state index < -0.39 is 0 Å². The molecule has 0 spiro atoms. The molecule has 2 aliphatic rings. The molecule has 2 aliphatic heterocycles. The van der Waals surface area contributed by atoms with Crippen LogP contribution in [-0.4, -0.2) is 25.0 Å². The van der Waals surface area contributed by atoms with Crippen LogP contribution < -0.4 is 25.0 Å². The van der Waals surface area contributed by atoms with Crippen LogP contribution in [0.1, 0.15) is 38.3 Å². The minimum atomic E-state index is 0.114. The SMILES string of the molecule is C[C@@H]1CCCN(c2ccc([C@@H](C)NC(=S)Nc3ccc4c(c3)OCO4)cc2)C1. The first-order chi connectivity index (χ1) is 13.6. The van der Waals surface area contributed by atoms with Gasteiger partial charge in [0.1, 0.15) is 0 Å². The van der Waals surface area contributed by atoms with Gasteiger partial charge in [0.15, 0.2) is 16.6 Å². The van der Waals surface area contributed by atoms with Gasteiger partial charge in [0, 0.05) is 30.5 Å². The summed E-state index contributed by atoms with van der Waals surface area (Å²) in [6.07, 6.45) is 2.62. The maximum Gasteiger partial charge on any atom is 0.231 e. The van der Waals surface area contributed by atoms with Gasteiger partial charge in [-0.1, -0.05) is 19.1 Å². The Bertz CT molecular complexity index is 840. The summed E-state index contributed by atoms with van der Waals surface area (Å²) in [5.41, 5.74) is 3.40. The maximum atomic E-state index is 5.48. The molecular weight excluding hydrogens is 370 g/mol. The summed E-state index contributed by atoms with van der Waals surface area (Å²) in [7, 11) is 0. The molecule has 1 saturated heterocycles. The van der Waals surface area contributed by atoms with E-state index in [4.69, 9.17) is 21.7 Å². The van der Waals surface area contributed by atoms with E-state index >= 15 is 0 Å². The lowest BCUT2D eigenvalue weighted by atomic mass is 9.99. The molecule has 0 bridgehead atoms. The zero-order valence-electron chi connectivity index (χ0n) is 16.4. The molecule has 2 atom stereocenters. The molecule has 148 valence electrons. The van der Waals surface area contributed by atoms with Gasteiger partial charge in [-0.05, 0) is 67.7 Å². The Kier molecular flexibility index (Phi) is 5.57. The van der Waals surface area contributed by atoms with Crippen molar-refractivity contribution in [3.05, 3.63) is 48.0 Å². The Hall–Kier alpha value is -2.47. The predicted molar refractivity (Wildman–Crippen MR) is 117 cm³/mol. The number of benzene rings is 2. The van der Waals surface area contributed by atoms with Gasteiger partial charge in [0.25, 0.3) is 0 Å². The molecule has 0 radical (unpaired) electrons. The van der Waals surface area contributed by atoms with Gasteiger partial charge >= 0.3 is 0 Å². The van der Waals surface area contributed by atoms with Crippen LogP contribution in [0, 0.1) is 5.92 Å². The Morgan fingerprint density at radius 2 is 1.93 bits per heavy atom. The first kappa shape index (κ1) is 18.9. The van der Waals surface area contributed by atoms with Crippen LogP contribution in [0.15, 0.2) is 42.5 Å². The monoisotopic (exact) mass is 397 g/mol. The largest absolute Gasteiger partial charge is 0.454 e. The molecular formula is C22H27N3O2S. The number of thiocarbonyl (C=S) groups is 1. The van der Waals surface area contributed by atoms with Crippen LogP contribution in [-0.2, 0) is 0 Å². The highest BCUT2D eigenvalue weighted by Gasteiger charge is 2.17. The second-order valence-corrected chi connectivity index (χ2v) is 8.08. The fourth-order valence-corrected chi connectivity index (χ4v) is 4.11. The molecule has 0 unspecified atom stereocenters. The molecule has 0 aromatic heterocycles. The highest BCUT2D eigenvalue weighted by molar-refractivity contribution is 7.80. The Labute approximate surface area is 172 Å². The predicted octanol–water partition coefficient (Wildman–Crippen LogP) is 4.70. The first-order valence-electron chi connectivity index (χ1n) is 9.90. The van der Waals surface area contributed by atoms with Crippen molar-refractivity contribution in [3.63, 3.8) is 0 Å². The van der Waals surface area contributed by atoms with E-state index in [-0.39, 0.29) is 12.8 Å². The van der Waals surface area contributed by atoms with Gasteiger partial charge in [0.2, 0.25) is 6.79 Å². The summed E-state index contributed by atoms with van der Waals surface area (Å²) in [6, 6.07) is 14.7. The number of nitrogens with zero attached hydrogens (tertiary/aromatic N) is 1. The zero-order valence-corrected chi connectivity index (χ0v) is 17.2. The topological polar surface area (TPSA) is 45.8 Å². The van der Waals surface area contributed by atoms with Crippen molar-refractivity contribution < 1.29 is 9.47 Å². The number of hydrogen-bond acceptors (Lipinski definition) is 4. The van der Waals surface area contributed by atoms with Crippen LogP contribution in [0.4, 0.5) is 11.4 Å². The number of hydrogen-bond donors (Lipinski definition) is 2. The fourth-order valence-electron chi connectivity index (χ4n) is 3.82. The molecule has 0 saturated carbocycles. The van der Waals surface area contributed by atoms with E-state index in [2.05, 4.69) is 53.6 Å². The molecule has 2 N–H and O–H groups in total. The Balaban J connectivity index is 1.34. The van der Waals surface area contributed by atoms with Crippen molar-refractivity contribution in [2.75, 3.05) is 30.1 Å². The number of rotatable bonds is 4. The molecule has 4 rings (SSSR count). The fraction of sp³-hybridized carbons (Fsp3) is 0.409. The van der Waals surface area contributed by atoms with E-state index in [1.165, 1.54) is 24.1 Å². The number of fused-ring (bicyclic) bond motifs is 1. The Morgan fingerprint density at radius 1 is 1.14 bits per heavy atom. The highest BCUT2D eigenvalue weighted by Crippen LogP contribution is 2.34. The van der Waals surface area contributed by atoms with E-state index in [0.29, 0.717) is 5.11 Å². The number of piperidine rings is 1. The van der Waals surface area contributed by atoms with Crippen LogP contribution in [0.25, 0.3) is 0 Å². The third-order valence-corrected chi connectivity index (χ3v) is 5.61. The van der Waals surface area contributed by atoms with Crippen molar-refractivity contribution in [1.29, 1.82) is 0 Å². The first-order valence-corrected chi connectivity index (χ1v) is 10.3. The van der Waals surface area contributed by atoms with E-state index in [9.17, 15) is 0 Å². The van der Waals surface area contributed by atoms with E-state index in [1.807, 2.05) is 18.2 Å². The van der Waals surface area contributed by atoms with Gasteiger partial charge in [-0.2, -0.15) is 0 Å². The van der Waals surface area contributed by atoms with Crippen molar-refractivity contribution in [2.45, 2.75) is 32.7 Å². The third kappa shape index (κ3) is 4.33. The number of nitrogens with one attached hydrogen (secondary N) is 2. The van der Waals surface area contributed by atoms with Gasteiger partial charge < -0.3 is 25.0 Å². The zero-order chi connectivity index (χ0) is 19.5. The summed E-state index contributed by atoms with van der Waals surface area (Å²) in [4.78, 5) is 2.49. The van der Waals surface area contributed by atoms with Crippen molar-refractivity contribution in [1.82, 2.24) is 5.32 Å². The average Bonchev–Trinajstić information content (AvgIpc) is 3.16. The number of ether oxygens (including phenoxy) is 2. The molecule has 0 amide bonds. The van der Waals surface area contributed by atoms with Gasteiger partial charge in [-0.3, -0.25) is 0 Å². The number of anilines is 2. The van der Waals surface area contributed by atoms with Crippen LogP contribution in [0.2, 0.25) is 0 Å². The summed E-state index contributed by atoms with van der Waals surface area (Å²) >= 11 is 5.48. The lowest BCUT2D eigenvalue weighted by Crippen LogP contribution is -2.34. The summed E-state index contributed by atoms with van der Waals surface area (Å²) in [6.45, 7) is 7.02. The van der Waals surface area contributed by atoms with Crippen molar-refractivity contribution in [3.8, 4) is 11.5 Å². The van der Waals surface area contributed by atoms with Crippen molar-refractivity contribution >= 4 is 28.7 Å². The van der Waals surface area contributed by atoms with Gasteiger partial charge in [-0.15, -0.1) is 0 Å². The van der Waals surface area contributed by atoms with Gasteiger partial charge in [0.05, 0.1) is 6.04 Å². The Morgan fingerprint density at radius 3 is 2.71 bits per heavy atom. The summed E-state index contributed by atoms with van der Waals surface area (Å²) in [5, 5.41) is 7.15. The highest BCUT2D eigenvalue weighted by atomic mass is 32.1.